The van der Waals surface area contributed by atoms with Crippen LogP contribution in [-0.2, 0) is 11.3 Å². The van der Waals surface area contributed by atoms with Crippen molar-refractivity contribution < 1.29 is 9.59 Å². The fourth-order valence-corrected chi connectivity index (χ4v) is 2.24. The molecule has 25 heavy (non-hydrogen) atoms. The van der Waals surface area contributed by atoms with E-state index in [9.17, 15) is 9.59 Å². The zero-order valence-corrected chi connectivity index (χ0v) is 15.0. The first kappa shape index (κ1) is 18.5. The van der Waals surface area contributed by atoms with Gasteiger partial charge >= 0.3 is 6.03 Å². The lowest BCUT2D eigenvalue weighted by molar-refractivity contribution is -0.123. The Morgan fingerprint density at radius 3 is 2.64 bits per heavy atom. The number of aromatic nitrogens is 2. The summed E-state index contributed by atoms with van der Waals surface area (Å²) in [6.45, 7) is 7.94. The molecule has 0 saturated heterocycles. The zero-order chi connectivity index (χ0) is 18.4. The number of carbonyl (C=O) groups is 2. The van der Waals surface area contributed by atoms with E-state index in [-0.39, 0.29) is 11.4 Å². The molecule has 0 aliphatic heterocycles. The van der Waals surface area contributed by atoms with Crippen LogP contribution in [0.1, 0.15) is 33.3 Å². The van der Waals surface area contributed by atoms with Gasteiger partial charge in [-0.2, -0.15) is 5.10 Å². The number of anilines is 1. The lowest BCUT2D eigenvalue weighted by Crippen LogP contribution is -2.51. The summed E-state index contributed by atoms with van der Waals surface area (Å²) in [6.07, 6.45) is 3.60. The highest BCUT2D eigenvalue weighted by Crippen LogP contribution is 2.11. The average molecular weight is 343 g/mol. The number of urea groups is 1. The molecule has 0 aliphatic carbocycles. The minimum absolute atomic E-state index is 0.227. The number of benzene rings is 1. The number of hydrogen-bond acceptors (Lipinski definition) is 3. The van der Waals surface area contributed by atoms with Crippen molar-refractivity contribution in [2.45, 2.75) is 45.8 Å². The molecule has 1 heterocycles. The Morgan fingerprint density at radius 1 is 1.24 bits per heavy atom. The summed E-state index contributed by atoms with van der Waals surface area (Å²) in [7, 11) is 0. The Balaban J connectivity index is 1.91. The topological polar surface area (TPSA) is 88.1 Å². The zero-order valence-electron chi connectivity index (χ0n) is 15.0. The molecule has 1 atom stereocenters. The van der Waals surface area contributed by atoms with E-state index in [0.717, 1.165) is 5.56 Å². The predicted octanol–water partition coefficient (Wildman–Crippen LogP) is 2.36. The van der Waals surface area contributed by atoms with Gasteiger partial charge in [-0.05, 0) is 51.5 Å². The van der Waals surface area contributed by atoms with Crippen molar-refractivity contribution in [3.05, 3.63) is 48.3 Å². The van der Waals surface area contributed by atoms with Gasteiger partial charge < -0.3 is 16.0 Å². The SMILES string of the molecule is C[C@@H](NC(=O)Nc1cccc(Cn2cccn2)c1)C(=O)NC(C)(C)C. The van der Waals surface area contributed by atoms with Crippen LogP contribution in [0.5, 0.6) is 0 Å². The van der Waals surface area contributed by atoms with Gasteiger partial charge in [0.2, 0.25) is 5.91 Å². The van der Waals surface area contributed by atoms with Crippen LogP contribution in [0.25, 0.3) is 0 Å². The van der Waals surface area contributed by atoms with Gasteiger partial charge in [-0.15, -0.1) is 0 Å². The summed E-state index contributed by atoms with van der Waals surface area (Å²) in [4.78, 5) is 24.1. The fraction of sp³-hybridized carbons (Fsp3) is 0.389. The van der Waals surface area contributed by atoms with Crippen LogP contribution >= 0.6 is 0 Å². The van der Waals surface area contributed by atoms with E-state index in [4.69, 9.17) is 0 Å². The molecule has 0 fully saturated rings. The van der Waals surface area contributed by atoms with Crippen molar-refractivity contribution in [3.8, 4) is 0 Å². The normalized spacial score (nSPS) is 12.3. The summed E-state index contributed by atoms with van der Waals surface area (Å²) in [5, 5.41) is 12.4. The highest BCUT2D eigenvalue weighted by molar-refractivity contribution is 5.93. The first-order valence-corrected chi connectivity index (χ1v) is 8.19. The lowest BCUT2D eigenvalue weighted by Gasteiger charge is -2.23. The van der Waals surface area contributed by atoms with E-state index in [0.29, 0.717) is 12.2 Å². The second-order valence-electron chi connectivity index (χ2n) is 6.96. The molecule has 0 unspecified atom stereocenters. The average Bonchev–Trinajstić information content (AvgIpc) is 2.98. The smallest absolute Gasteiger partial charge is 0.319 e. The van der Waals surface area contributed by atoms with E-state index in [2.05, 4.69) is 21.0 Å². The molecule has 134 valence electrons. The molecule has 0 aliphatic rings. The van der Waals surface area contributed by atoms with E-state index in [1.807, 2.05) is 51.2 Å². The number of carbonyl (C=O) groups excluding carboxylic acids is 2. The third kappa shape index (κ3) is 6.29. The third-order valence-electron chi connectivity index (χ3n) is 3.33. The van der Waals surface area contributed by atoms with Crippen molar-refractivity contribution in [1.82, 2.24) is 20.4 Å². The largest absolute Gasteiger partial charge is 0.350 e. The maximum atomic E-state index is 12.1. The highest BCUT2D eigenvalue weighted by atomic mass is 16.2. The van der Waals surface area contributed by atoms with Gasteiger partial charge in [-0.1, -0.05) is 12.1 Å². The predicted molar refractivity (Wildman–Crippen MR) is 97.3 cm³/mol. The van der Waals surface area contributed by atoms with Gasteiger partial charge in [0.15, 0.2) is 0 Å². The maximum absolute atomic E-state index is 12.1. The van der Waals surface area contributed by atoms with Gasteiger partial charge in [0.1, 0.15) is 6.04 Å². The van der Waals surface area contributed by atoms with Crippen molar-refractivity contribution in [1.29, 1.82) is 0 Å². The van der Waals surface area contributed by atoms with Gasteiger partial charge in [-0.25, -0.2) is 4.79 Å². The van der Waals surface area contributed by atoms with Gasteiger partial charge in [-0.3, -0.25) is 9.48 Å². The molecule has 0 radical (unpaired) electrons. The molecular weight excluding hydrogens is 318 g/mol. The number of rotatable bonds is 5. The van der Waals surface area contributed by atoms with Crippen molar-refractivity contribution in [3.63, 3.8) is 0 Å². The molecule has 3 N–H and O–H groups in total. The summed E-state index contributed by atoms with van der Waals surface area (Å²) < 4.78 is 1.80. The van der Waals surface area contributed by atoms with Gasteiger partial charge in [0.05, 0.1) is 6.54 Å². The summed E-state index contributed by atoms with van der Waals surface area (Å²) in [5.41, 5.74) is 1.33. The molecule has 1 aromatic heterocycles. The van der Waals surface area contributed by atoms with E-state index in [1.165, 1.54) is 0 Å². The molecule has 3 amide bonds. The Hall–Kier alpha value is -2.83. The van der Waals surface area contributed by atoms with Gasteiger partial charge in [0, 0.05) is 23.6 Å². The van der Waals surface area contributed by atoms with Crippen molar-refractivity contribution in [2.75, 3.05) is 5.32 Å². The van der Waals surface area contributed by atoms with Crippen LogP contribution in [0.4, 0.5) is 10.5 Å². The molecule has 7 nitrogen and oxygen atoms in total. The molecule has 0 spiro atoms. The first-order valence-electron chi connectivity index (χ1n) is 8.19. The molecule has 0 saturated carbocycles. The molecule has 7 heteroatoms. The standard InChI is InChI=1S/C18H25N5O2/c1-13(16(24)22-18(2,3)4)20-17(25)21-15-8-5-7-14(11-15)12-23-10-6-9-19-23/h5-11,13H,12H2,1-4H3,(H,22,24)(H2,20,21,25)/t13-/m1/s1. The minimum Gasteiger partial charge on any atom is -0.350 e. The van der Waals surface area contributed by atoms with Crippen molar-refractivity contribution in [2.24, 2.45) is 0 Å². The first-order chi connectivity index (χ1) is 11.7. The van der Waals surface area contributed by atoms with Crippen molar-refractivity contribution >= 4 is 17.6 Å². The third-order valence-corrected chi connectivity index (χ3v) is 3.33. The molecular formula is C18H25N5O2. The fourth-order valence-electron chi connectivity index (χ4n) is 2.24. The number of amides is 3. The minimum atomic E-state index is -0.633. The number of nitrogens with zero attached hydrogens (tertiary/aromatic N) is 2. The van der Waals surface area contributed by atoms with Gasteiger partial charge in [0.25, 0.3) is 0 Å². The van der Waals surface area contributed by atoms with Crippen LogP contribution in [0.3, 0.4) is 0 Å². The quantitative estimate of drug-likeness (QED) is 0.779. The van der Waals surface area contributed by atoms with Crippen LogP contribution < -0.4 is 16.0 Å². The molecule has 1 aromatic carbocycles. The van der Waals surface area contributed by atoms with E-state index >= 15 is 0 Å². The molecule has 0 bridgehead atoms. The summed E-state index contributed by atoms with van der Waals surface area (Å²) in [5.74, 6) is -0.227. The molecule has 2 aromatic rings. The Labute approximate surface area is 147 Å². The Morgan fingerprint density at radius 2 is 2.00 bits per heavy atom. The Bertz CT molecular complexity index is 719. The highest BCUT2D eigenvalue weighted by Gasteiger charge is 2.20. The van der Waals surface area contributed by atoms with E-state index in [1.54, 1.807) is 23.9 Å². The Kier molecular flexibility index (Phi) is 5.80. The van der Waals surface area contributed by atoms with E-state index < -0.39 is 12.1 Å². The van der Waals surface area contributed by atoms with Crippen LogP contribution in [0.15, 0.2) is 42.7 Å². The summed E-state index contributed by atoms with van der Waals surface area (Å²) >= 11 is 0. The van der Waals surface area contributed by atoms with Crippen LogP contribution in [-0.4, -0.2) is 33.3 Å². The number of hydrogen-bond donors (Lipinski definition) is 3. The second kappa shape index (κ2) is 7.83. The maximum Gasteiger partial charge on any atom is 0.319 e. The summed E-state index contributed by atoms with van der Waals surface area (Å²) in [6, 6.07) is 8.31. The van der Waals surface area contributed by atoms with Crippen LogP contribution in [0, 0.1) is 0 Å². The second-order valence-corrected chi connectivity index (χ2v) is 6.96. The lowest BCUT2D eigenvalue weighted by atomic mass is 10.1. The van der Waals surface area contributed by atoms with Crippen LogP contribution in [0.2, 0.25) is 0 Å². The monoisotopic (exact) mass is 343 g/mol. The molecule has 2 rings (SSSR count). The number of nitrogens with one attached hydrogen (secondary N) is 3.